The molecule has 8 heterocycles. The van der Waals surface area contributed by atoms with Crippen molar-refractivity contribution in [3.63, 3.8) is 0 Å². The lowest BCUT2D eigenvalue weighted by atomic mass is 9.81. The number of hydrogen-bond acceptors (Lipinski definition) is 28. The van der Waals surface area contributed by atoms with E-state index in [4.69, 9.17) is 52.1 Å². The van der Waals surface area contributed by atoms with E-state index in [0.29, 0.717) is 91.6 Å². The Morgan fingerprint density at radius 2 is 0.639 bits per heavy atom. The van der Waals surface area contributed by atoms with Crippen molar-refractivity contribution in [3.05, 3.63) is 201 Å². The third-order valence-corrected chi connectivity index (χ3v) is 20.2. The van der Waals surface area contributed by atoms with Gasteiger partial charge in [-0.25, -0.2) is 0 Å². The van der Waals surface area contributed by atoms with Gasteiger partial charge in [-0.05, 0) is 126 Å². The summed E-state index contributed by atoms with van der Waals surface area (Å²) >= 11 is 0. The minimum absolute atomic E-state index is 0.00142. The summed E-state index contributed by atoms with van der Waals surface area (Å²) in [5.41, 5.74) is 10.2. The Balaban J connectivity index is 0.884. The van der Waals surface area contributed by atoms with E-state index in [0.717, 1.165) is 33.7 Å². The molecule has 4 saturated heterocycles. The van der Waals surface area contributed by atoms with E-state index in [2.05, 4.69) is 20.3 Å². The number of aromatic amines is 3. The van der Waals surface area contributed by atoms with Gasteiger partial charge in [0.05, 0.1) is 58.5 Å². The van der Waals surface area contributed by atoms with Crippen LogP contribution in [-0.4, -0.2) is 292 Å². The standard InChI is InChI=1S/C77H92N4O27/c82-34-42-33-55(64(87)68(91)63(42)86)102-25-21-98-43-9-1-5-38(29-43)59-47-13-15-49(78-47)60(39-6-2-10-44(30-39)99-22-26-103-75-72(95)69(92)65(88)56(35-83)106-75)51-17-19-53(80-51)62(41-8-4-12-46(32-41)101-24-28-105-77-74(97)71(94)67(90)58(37-85)108-77)54-20-18-52(81-54)61(50-16-14-48(59)79-50)40-7-3-11-45(31-40)100-23-27-104-76-73(96)70(93)66(89)57(36-84)107-76/h1-13,15,17-20,29-32,42,55-58,63-97H,14,16,21-28,33-37H2/t42-,55-,56-,57-,58-,63-,64+,65-,66-,67-,68+,69+,70+,71+,72-,73-,74-,75-,76-,77-/m1/s1. The molecule has 0 spiro atoms. The molecule has 108 heavy (non-hydrogen) atoms. The van der Waals surface area contributed by atoms with E-state index in [1.807, 2.05) is 109 Å². The maximum Gasteiger partial charge on any atom is 0.186 e. The highest BCUT2D eigenvalue weighted by Crippen LogP contribution is 2.41. The van der Waals surface area contributed by atoms with Crippen LogP contribution in [-0.2, 0) is 33.2 Å². The van der Waals surface area contributed by atoms with E-state index in [9.17, 15) is 81.7 Å². The number of nitrogens with one attached hydrogen (secondary N) is 4. The summed E-state index contributed by atoms with van der Waals surface area (Å²) in [6, 6.07) is 41.6. The Kier molecular flexibility index (Phi) is 25.6. The molecule has 1 aliphatic carbocycles. The normalized spacial score (nSPS) is 30.2. The summed E-state index contributed by atoms with van der Waals surface area (Å²) in [5, 5.41) is 170. The first-order valence-corrected chi connectivity index (χ1v) is 35.9. The largest absolute Gasteiger partial charge is 0.491 e. The molecule has 0 radical (unpaired) electrons. The Morgan fingerprint density at radius 3 is 0.981 bits per heavy atom. The Bertz CT molecular complexity index is 4080. The number of rotatable bonds is 28. The second kappa shape index (κ2) is 35.4. The van der Waals surface area contributed by atoms with Crippen LogP contribution in [0, 0.1) is 5.92 Å². The zero-order valence-electron chi connectivity index (χ0n) is 58.5. The number of H-pyrrole nitrogens is 3. The molecule has 31 nitrogen and oxygen atoms in total. The number of benzene rings is 4. The number of aliphatic hydroxyl groups excluding tert-OH is 16. The number of aromatic nitrogens is 3. The smallest absolute Gasteiger partial charge is 0.186 e. The van der Waals surface area contributed by atoms with Crippen LogP contribution in [0.5, 0.6) is 23.0 Å². The molecule has 582 valence electrons. The molecule has 0 unspecified atom stereocenters. The quantitative estimate of drug-likeness (QED) is 0.0226. The average Bonchev–Trinajstić information content (AvgIpc) is 1.61. The third-order valence-electron chi connectivity index (χ3n) is 20.2. The first-order valence-electron chi connectivity index (χ1n) is 35.9. The fourth-order valence-electron chi connectivity index (χ4n) is 14.4. The van der Waals surface area contributed by atoms with E-state index >= 15 is 0 Å². The summed E-state index contributed by atoms with van der Waals surface area (Å²) < 4.78 is 65.2. The fraction of sp³-hybridized carbons (Fsp3) is 0.455. The van der Waals surface area contributed by atoms with Gasteiger partial charge in [-0.1, -0.05) is 48.5 Å². The van der Waals surface area contributed by atoms with Crippen LogP contribution in [0.15, 0.2) is 145 Å². The van der Waals surface area contributed by atoms with Crippen LogP contribution < -0.4 is 35.0 Å². The van der Waals surface area contributed by atoms with Gasteiger partial charge < -0.3 is 154 Å². The van der Waals surface area contributed by atoms with Crippen molar-refractivity contribution in [3.8, 4) is 23.0 Å². The SMILES string of the molecule is OC[C@H]1C[C@@H](OCCOc2cccc(C3=C4CCC(=C(c5cccc(OCCO[C@@H]6O[C@H](CO)[C@@H](O)[C@H](O)[C@H]6O)c5)c5ccc([nH]5)C(c5cccc(OCCO[C@@H]6O[C@H](CO)[C@@H](O)[C@H](O)[C@H]6O)c5)=c5ccc([nH]5)=C(c5cccc(OCCO[C@@H]6O[C@H](CO)[C@@H](O)[C@H](O)[C@H]6O)c5)c5ccc3[nH]5)N4)c2)[C@H](O)[C@@H](O)[C@@H]1O. The van der Waals surface area contributed by atoms with E-state index in [1.165, 1.54) is 0 Å². The summed E-state index contributed by atoms with van der Waals surface area (Å²) in [6.45, 7) is -2.78. The number of fused-ring (bicyclic) bond motifs is 8. The predicted molar refractivity (Wildman–Crippen MR) is 379 cm³/mol. The van der Waals surface area contributed by atoms with Gasteiger partial charge in [0.25, 0.3) is 0 Å². The van der Waals surface area contributed by atoms with Crippen LogP contribution in [0.4, 0.5) is 0 Å². The summed E-state index contributed by atoms with van der Waals surface area (Å²) in [7, 11) is 0. The zero-order chi connectivity index (χ0) is 75.9. The molecule has 4 aromatic carbocycles. The molecule has 20 atom stereocenters. The van der Waals surface area contributed by atoms with Gasteiger partial charge in [0.2, 0.25) is 0 Å². The van der Waals surface area contributed by atoms with Gasteiger partial charge in [-0.2, -0.15) is 0 Å². The molecule has 13 rings (SSSR count). The maximum absolute atomic E-state index is 10.8. The lowest BCUT2D eigenvalue weighted by Gasteiger charge is -2.39. The van der Waals surface area contributed by atoms with Crippen LogP contribution in [0.3, 0.4) is 0 Å². The molecule has 3 aromatic heterocycles. The summed E-state index contributed by atoms with van der Waals surface area (Å²) in [5.74, 6) is 1.08. The molecule has 31 heteroatoms. The van der Waals surface area contributed by atoms with E-state index in [1.54, 1.807) is 24.3 Å². The fourth-order valence-corrected chi connectivity index (χ4v) is 14.4. The number of hydrogen-bond donors (Lipinski definition) is 20. The number of aliphatic hydroxyl groups is 16. The molecular formula is C77H92N4O27. The van der Waals surface area contributed by atoms with Crippen LogP contribution >= 0.6 is 0 Å². The molecule has 1 saturated carbocycles. The van der Waals surface area contributed by atoms with Gasteiger partial charge in [0.15, 0.2) is 18.9 Å². The van der Waals surface area contributed by atoms with Crippen molar-refractivity contribution < 1.29 is 134 Å². The lowest BCUT2D eigenvalue weighted by molar-refractivity contribution is -0.301. The molecule has 7 aromatic rings. The molecule has 8 bridgehead atoms. The van der Waals surface area contributed by atoms with Crippen molar-refractivity contribution in [1.82, 2.24) is 20.3 Å². The zero-order valence-corrected chi connectivity index (χ0v) is 58.5. The van der Waals surface area contributed by atoms with Crippen LogP contribution in [0.2, 0.25) is 0 Å². The van der Waals surface area contributed by atoms with Crippen molar-refractivity contribution >= 4 is 22.3 Å². The van der Waals surface area contributed by atoms with E-state index in [-0.39, 0.29) is 59.3 Å². The molecule has 5 aliphatic heterocycles. The van der Waals surface area contributed by atoms with Crippen LogP contribution in [0.25, 0.3) is 22.3 Å². The minimum Gasteiger partial charge on any atom is -0.491 e. The van der Waals surface area contributed by atoms with Crippen molar-refractivity contribution in [1.29, 1.82) is 0 Å². The highest BCUT2D eigenvalue weighted by atomic mass is 16.7. The second-order valence-corrected chi connectivity index (χ2v) is 27.2. The number of ether oxygens (including phenoxy) is 11. The average molecular weight is 1510 g/mol. The van der Waals surface area contributed by atoms with Gasteiger partial charge in [0, 0.05) is 79.7 Å². The van der Waals surface area contributed by atoms with Gasteiger partial charge in [0.1, 0.15) is 135 Å². The Hall–Kier alpha value is -7.98. The molecule has 6 aliphatic rings. The molecule has 5 fully saturated rings. The van der Waals surface area contributed by atoms with Gasteiger partial charge in [-0.15, -0.1) is 0 Å². The van der Waals surface area contributed by atoms with E-state index < -0.39 is 149 Å². The highest BCUT2D eigenvalue weighted by Gasteiger charge is 2.47. The first-order chi connectivity index (χ1) is 52.3. The summed E-state index contributed by atoms with van der Waals surface area (Å²) in [4.78, 5) is 11.4. The predicted octanol–water partition coefficient (Wildman–Crippen LogP) is -2.47. The molecule has 20 N–H and O–H groups in total. The highest BCUT2D eigenvalue weighted by molar-refractivity contribution is 5.88. The number of allylic oxidation sites excluding steroid dienone is 2. The minimum atomic E-state index is -1.63. The van der Waals surface area contributed by atoms with Crippen molar-refractivity contribution in [2.75, 3.05) is 79.3 Å². The maximum atomic E-state index is 10.8. The summed E-state index contributed by atoms with van der Waals surface area (Å²) in [6.07, 6.45) is -26.0. The van der Waals surface area contributed by atoms with Crippen molar-refractivity contribution in [2.24, 2.45) is 5.92 Å². The van der Waals surface area contributed by atoms with Gasteiger partial charge >= 0.3 is 0 Å². The monoisotopic (exact) mass is 1500 g/mol. The Labute approximate surface area is 618 Å². The van der Waals surface area contributed by atoms with Gasteiger partial charge in [-0.3, -0.25) is 0 Å². The van der Waals surface area contributed by atoms with Crippen molar-refractivity contribution in [2.45, 2.75) is 136 Å². The molecular weight excluding hydrogens is 1410 g/mol. The first kappa shape index (κ1) is 78.2. The Morgan fingerprint density at radius 1 is 0.315 bits per heavy atom. The second-order valence-electron chi connectivity index (χ2n) is 27.2. The topological polar surface area (TPSA) is 485 Å². The lowest BCUT2D eigenvalue weighted by Crippen LogP contribution is -2.59. The third kappa shape index (κ3) is 17.1. The van der Waals surface area contributed by atoms with Crippen LogP contribution in [0.1, 0.15) is 64.3 Å². The molecule has 0 amide bonds.